The number of ether oxygens (including phenoxy) is 1. The molecule has 0 fully saturated rings. The quantitative estimate of drug-likeness (QED) is 0.863. The number of rotatable bonds is 4. The molecule has 4 nitrogen and oxygen atoms in total. The molecule has 0 aliphatic carbocycles. The molecule has 18 heavy (non-hydrogen) atoms. The number of carbonyl (C=O) groups excluding carboxylic acids is 1. The molecule has 4 heteroatoms. The number of hydrogen-bond acceptors (Lipinski definition) is 2. The Kier molecular flexibility index (Phi) is 5.16. The van der Waals surface area contributed by atoms with Gasteiger partial charge in [0.1, 0.15) is 0 Å². The van der Waals surface area contributed by atoms with Crippen molar-refractivity contribution in [1.82, 2.24) is 5.32 Å². The first-order valence-electron chi connectivity index (χ1n) is 6.08. The topological polar surface area (TPSA) is 50.4 Å². The lowest BCUT2D eigenvalue weighted by molar-refractivity contribution is 0.202. The van der Waals surface area contributed by atoms with Crippen molar-refractivity contribution >= 4 is 11.7 Å². The molecule has 0 saturated heterocycles. The summed E-state index contributed by atoms with van der Waals surface area (Å²) in [5, 5.41) is 5.74. The summed E-state index contributed by atoms with van der Waals surface area (Å²) < 4.78 is 5.06. The molecule has 1 aromatic rings. The normalized spacial score (nSPS) is 11.1. The largest absolute Gasteiger partial charge is 0.384 e. The molecule has 0 bridgehead atoms. The second-order valence-corrected chi connectivity index (χ2v) is 5.23. The summed E-state index contributed by atoms with van der Waals surface area (Å²) in [5.41, 5.74) is 1.66. The van der Waals surface area contributed by atoms with Gasteiger partial charge in [0, 0.05) is 18.3 Å². The second kappa shape index (κ2) is 6.40. The van der Waals surface area contributed by atoms with Crippen LogP contribution in [0.2, 0.25) is 0 Å². The van der Waals surface area contributed by atoms with E-state index in [2.05, 4.69) is 10.6 Å². The highest BCUT2D eigenvalue weighted by Gasteiger charge is 2.14. The molecule has 1 rings (SSSR count). The van der Waals surface area contributed by atoms with Gasteiger partial charge in [0.05, 0.1) is 6.61 Å². The monoisotopic (exact) mass is 250 g/mol. The Labute approximate surface area is 109 Å². The number of carbonyl (C=O) groups is 1. The van der Waals surface area contributed by atoms with Crippen molar-refractivity contribution in [3.8, 4) is 0 Å². The van der Waals surface area contributed by atoms with Crippen LogP contribution in [0, 0.1) is 0 Å². The molecule has 100 valence electrons. The van der Waals surface area contributed by atoms with Gasteiger partial charge in [-0.2, -0.15) is 0 Å². The van der Waals surface area contributed by atoms with E-state index in [0.29, 0.717) is 6.61 Å². The first-order chi connectivity index (χ1) is 8.42. The minimum atomic E-state index is -0.244. The standard InChI is InChI=1S/C14H22N2O2/c1-14(2,3)16-13(17)15-12-8-6-5-7-11(12)9-10-18-4/h5-8H,9-10H2,1-4H3,(H2,15,16,17). The lowest BCUT2D eigenvalue weighted by Crippen LogP contribution is -2.43. The fourth-order valence-corrected chi connectivity index (χ4v) is 1.57. The van der Waals surface area contributed by atoms with E-state index in [4.69, 9.17) is 4.74 Å². The van der Waals surface area contributed by atoms with E-state index in [-0.39, 0.29) is 11.6 Å². The number of para-hydroxylation sites is 1. The zero-order valence-electron chi connectivity index (χ0n) is 11.5. The molecule has 2 amide bonds. The van der Waals surface area contributed by atoms with Gasteiger partial charge in [-0.25, -0.2) is 4.79 Å². The molecular weight excluding hydrogens is 228 g/mol. The average Bonchev–Trinajstić information content (AvgIpc) is 2.25. The molecule has 0 saturated carbocycles. The van der Waals surface area contributed by atoms with Gasteiger partial charge in [0.25, 0.3) is 0 Å². The molecule has 0 radical (unpaired) electrons. The molecule has 0 spiro atoms. The van der Waals surface area contributed by atoms with Gasteiger partial charge in [-0.05, 0) is 38.8 Å². The Hall–Kier alpha value is -1.55. The third-order valence-electron chi connectivity index (χ3n) is 2.33. The summed E-state index contributed by atoms with van der Waals surface area (Å²) in [6, 6.07) is 7.56. The van der Waals surface area contributed by atoms with E-state index in [9.17, 15) is 4.79 Å². The first kappa shape index (κ1) is 14.5. The molecule has 0 aliphatic rings. The molecule has 0 atom stereocenters. The summed E-state index contributed by atoms with van der Waals surface area (Å²) >= 11 is 0. The van der Waals surface area contributed by atoms with Crippen molar-refractivity contribution in [1.29, 1.82) is 0 Å². The van der Waals surface area contributed by atoms with Crippen molar-refractivity contribution in [2.75, 3.05) is 19.0 Å². The van der Waals surface area contributed by atoms with Crippen LogP contribution in [0.4, 0.5) is 10.5 Å². The Morgan fingerprint density at radius 2 is 1.94 bits per heavy atom. The third kappa shape index (κ3) is 5.19. The third-order valence-corrected chi connectivity index (χ3v) is 2.33. The Balaban J connectivity index is 2.68. The predicted octanol–water partition coefficient (Wildman–Crippen LogP) is 2.80. The minimum absolute atomic E-state index is 0.188. The van der Waals surface area contributed by atoms with E-state index in [1.54, 1.807) is 7.11 Å². The maximum Gasteiger partial charge on any atom is 0.319 e. The molecule has 0 aliphatic heterocycles. The summed E-state index contributed by atoms with van der Waals surface area (Å²) in [6.07, 6.45) is 0.780. The van der Waals surface area contributed by atoms with E-state index < -0.39 is 0 Å². The highest BCUT2D eigenvalue weighted by molar-refractivity contribution is 5.90. The number of amides is 2. The fraction of sp³-hybridized carbons (Fsp3) is 0.500. The highest BCUT2D eigenvalue weighted by Crippen LogP contribution is 2.15. The van der Waals surface area contributed by atoms with Crippen molar-refractivity contribution in [2.45, 2.75) is 32.7 Å². The number of nitrogens with one attached hydrogen (secondary N) is 2. The number of urea groups is 1. The number of hydrogen-bond donors (Lipinski definition) is 2. The van der Waals surface area contributed by atoms with Gasteiger partial charge >= 0.3 is 6.03 Å². The van der Waals surface area contributed by atoms with E-state index in [1.807, 2.05) is 45.0 Å². The number of methoxy groups -OCH3 is 1. The van der Waals surface area contributed by atoms with Crippen LogP contribution in [0.1, 0.15) is 26.3 Å². The molecule has 2 N–H and O–H groups in total. The Morgan fingerprint density at radius 3 is 2.56 bits per heavy atom. The zero-order valence-corrected chi connectivity index (χ0v) is 11.5. The summed E-state index contributed by atoms with van der Waals surface area (Å²) in [7, 11) is 1.67. The molecule has 1 aromatic carbocycles. The maximum atomic E-state index is 11.8. The summed E-state index contributed by atoms with van der Waals surface area (Å²) in [6.45, 7) is 6.48. The first-order valence-corrected chi connectivity index (χ1v) is 6.08. The van der Waals surface area contributed by atoms with Crippen LogP contribution in [0.5, 0.6) is 0 Å². The smallest absolute Gasteiger partial charge is 0.319 e. The molecule has 0 unspecified atom stereocenters. The van der Waals surface area contributed by atoms with E-state index in [0.717, 1.165) is 17.7 Å². The van der Waals surface area contributed by atoms with Crippen LogP contribution < -0.4 is 10.6 Å². The van der Waals surface area contributed by atoms with Crippen molar-refractivity contribution in [2.24, 2.45) is 0 Å². The summed E-state index contributed by atoms with van der Waals surface area (Å²) in [5.74, 6) is 0. The van der Waals surface area contributed by atoms with Crippen molar-refractivity contribution in [3.05, 3.63) is 29.8 Å². The van der Waals surface area contributed by atoms with Gasteiger partial charge in [0.15, 0.2) is 0 Å². The van der Waals surface area contributed by atoms with Gasteiger partial charge in [0.2, 0.25) is 0 Å². The predicted molar refractivity (Wildman–Crippen MR) is 73.9 cm³/mol. The van der Waals surface area contributed by atoms with Crippen LogP contribution in [0.25, 0.3) is 0 Å². The number of benzene rings is 1. The van der Waals surface area contributed by atoms with Crippen LogP contribution in [-0.4, -0.2) is 25.3 Å². The van der Waals surface area contributed by atoms with Crippen LogP contribution in [0.3, 0.4) is 0 Å². The zero-order chi connectivity index (χ0) is 13.6. The fourth-order valence-electron chi connectivity index (χ4n) is 1.57. The van der Waals surface area contributed by atoms with Gasteiger partial charge in [-0.3, -0.25) is 0 Å². The lowest BCUT2D eigenvalue weighted by Gasteiger charge is -2.21. The average molecular weight is 250 g/mol. The van der Waals surface area contributed by atoms with Gasteiger partial charge in [-0.1, -0.05) is 18.2 Å². The van der Waals surface area contributed by atoms with Crippen LogP contribution in [-0.2, 0) is 11.2 Å². The van der Waals surface area contributed by atoms with Gasteiger partial charge in [-0.15, -0.1) is 0 Å². The Bertz CT molecular complexity index is 397. The summed E-state index contributed by atoms with van der Waals surface area (Å²) in [4.78, 5) is 11.8. The number of anilines is 1. The van der Waals surface area contributed by atoms with Gasteiger partial charge < -0.3 is 15.4 Å². The second-order valence-electron chi connectivity index (χ2n) is 5.23. The highest BCUT2D eigenvalue weighted by atomic mass is 16.5. The maximum absolute atomic E-state index is 11.8. The minimum Gasteiger partial charge on any atom is -0.384 e. The van der Waals surface area contributed by atoms with Crippen LogP contribution in [0.15, 0.2) is 24.3 Å². The van der Waals surface area contributed by atoms with Crippen molar-refractivity contribution in [3.63, 3.8) is 0 Å². The van der Waals surface area contributed by atoms with E-state index >= 15 is 0 Å². The Morgan fingerprint density at radius 1 is 1.28 bits per heavy atom. The van der Waals surface area contributed by atoms with Crippen molar-refractivity contribution < 1.29 is 9.53 Å². The SMILES string of the molecule is COCCc1ccccc1NC(=O)NC(C)(C)C. The molecule has 0 aromatic heterocycles. The lowest BCUT2D eigenvalue weighted by atomic mass is 10.1. The van der Waals surface area contributed by atoms with Crippen LogP contribution >= 0.6 is 0 Å². The van der Waals surface area contributed by atoms with E-state index in [1.165, 1.54) is 0 Å². The molecular formula is C14H22N2O2. The molecule has 0 heterocycles.